The van der Waals surface area contributed by atoms with Crippen molar-refractivity contribution in [1.82, 2.24) is 5.32 Å². The molecule has 9 heteroatoms. The molecule has 0 aromatic heterocycles. The van der Waals surface area contributed by atoms with E-state index in [0.29, 0.717) is 31.2 Å². The Labute approximate surface area is 178 Å². The van der Waals surface area contributed by atoms with Crippen LogP contribution in [0.3, 0.4) is 0 Å². The van der Waals surface area contributed by atoms with Crippen molar-refractivity contribution in [2.24, 2.45) is 0 Å². The van der Waals surface area contributed by atoms with Gasteiger partial charge in [-0.05, 0) is 48.5 Å². The monoisotopic (exact) mass is 482 g/mol. The van der Waals surface area contributed by atoms with Gasteiger partial charge in [0.05, 0.1) is 4.91 Å². The molecule has 138 valence electrons. The van der Waals surface area contributed by atoms with Gasteiger partial charge in [0.1, 0.15) is 10.1 Å². The first-order chi connectivity index (χ1) is 12.9. The highest BCUT2D eigenvalue weighted by Crippen LogP contribution is 2.31. The molecule has 2 amide bonds. The Morgan fingerprint density at radius 2 is 2.04 bits per heavy atom. The van der Waals surface area contributed by atoms with Gasteiger partial charge in [0.2, 0.25) is 0 Å². The van der Waals surface area contributed by atoms with Crippen LogP contribution in [-0.2, 0) is 9.59 Å². The summed E-state index contributed by atoms with van der Waals surface area (Å²) in [6, 6.07) is 12.1. The molecular weight excluding hydrogens is 472 g/mol. The lowest BCUT2D eigenvalue weighted by atomic mass is 10.2. The van der Waals surface area contributed by atoms with Crippen molar-refractivity contribution in [1.29, 1.82) is 0 Å². The Hall–Kier alpha value is -1.87. The fraction of sp³-hybridized carbons (Fsp3) is 0.0556. The number of carbonyl (C=O) groups excluding carboxylic acids is 2. The minimum atomic E-state index is -0.312. The van der Waals surface area contributed by atoms with Crippen LogP contribution in [0, 0.1) is 0 Å². The number of hydrogen-bond acceptors (Lipinski definition) is 5. The predicted molar refractivity (Wildman–Crippen MR) is 116 cm³/mol. The zero-order valence-electron chi connectivity index (χ0n) is 13.6. The van der Waals surface area contributed by atoms with Crippen molar-refractivity contribution in [3.05, 3.63) is 62.4 Å². The van der Waals surface area contributed by atoms with Crippen LogP contribution in [0.1, 0.15) is 5.56 Å². The first-order valence-electron chi connectivity index (χ1n) is 7.63. The van der Waals surface area contributed by atoms with Gasteiger partial charge in [-0.3, -0.25) is 9.59 Å². The standard InChI is InChI=1S/C18H12BrClN2O3S2/c19-11-1-6-14(10(7-11)8-15-17(24)22-18(26)27-15)25-9-16(23)21-13-4-2-12(20)3-5-13/h1-8H,9H2,(H,21,23)(H,22,24,26)/b15-8-. The van der Waals surface area contributed by atoms with Crippen LogP contribution in [0.15, 0.2) is 51.8 Å². The first-order valence-corrected chi connectivity index (χ1v) is 10.0. The molecule has 1 heterocycles. The summed E-state index contributed by atoms with van der Waals surface area (Å²) in [5, 5.41) is 5.88. The summed E-state index contributed by atoms with van der Waals surface area (Å²) in [4.78, 5) is 24.4. The Morgan fingerprint density at radius 3 is 2.70 bits per heavy atom. The Kier molecular flexibility index (Phi) is 6.54. The molecule has 1 aliphatic heterocycles. The van der Waals surface area contributed by atoms with E-state index in [1.165, 1.54) is 11.8 Å². The molecule has 0 bridgehead atoms. The fourth-order valence-corrected chi connectivity index (χ4v) is 3.74. The lowest BCUT2D eigenvalue weighted by Crippen LogP contribution is -2.20. The normalized spacial score (nSPS) is 15.0. The van der Waals surface area contributed by atoms with E-state index in [1.807, 2.05) is 0 Å². The number of benzene rings is 2. The maximum atomic E-state index is 12.1. The Morgan fingerprint density at radius 1 is 1.30 bits per heavy atom. The molecule has 27 heavy (non-hydrogen) atoms. The molecule has 0 atom stereocenters. The average Bonchev–Trinajstić information content (AvgIpc) is 2.93. The van der Waals surface area contributed by atoms with Crippen LogP contribution in [-0.4, -0.2) is 22.7 Å². The largest absolute Gasteiger partial charge is 0.483 e. The van der Waals surface area contributed by atoms with E-state index in [2.05, 4.69) is 26.6 Å². The van der Waals surface area contributed by atoms with Crippen molar-refractivity contribution in [3.8, 4) is 5.75 Å². The third kappa shape index (κ3) is 5.55. The zero-order valence-corrected chi connectivity index (χ0v) is 17.6. The molecule has 0 unspecified atom stereocenters. The van der Waals surface area contributed by atoms with Gasteiger partial charge in [-0.1, -0.05) is 51.5 Å². The maximum Gasteiger partial charge on any atom is 0.263 e. The van der Waals surface area contributed by atoms with E-state index in [4.69, 9.17) is 28.6 Å². The van der Waals surface area contributed by atoms with Gasteiger partial charge in [0.25, 0.3) is 11.8 Å². The van der Waals surface area contributed by atoms with Gasteiger partial charge < -0.3 is 15.4 Å². The van der Waals surface area contributed by atoms with Crippen molar-refractivity contribution >= 4 is 79.4 Å². The number of carbonyl (C=O) groups is 2. The van der Waals surface area contributed by atoms with Crippen LogP contribution in [0.4, 0.5) is 5.69 Å². The highest BCUT2D eigenvalue weighted by atomic mass is 79.9. The molecular formula is C18H12BrClN2O3S2. The average molecular weight is 484 g/mol. The molecule has 0 spiro atoms. The number of amides is 2. The highest BCUT2D eigenvalue weighted by Gasteiger charge is 2.22. The predicted octanol–water partition coefficient (Wildman–Crippen LogP) is 4.61. The molecule has 3 rings (SSSR count). The van der Waals surface area contributed by atoms with Gasteiger partial charge in [-0.25, -0.2) is 0 Å². The SMILES string of the molecule is O=C(COc1ccc(Br)cc1/C=C1\SC(=S)NC1=O)Nc1ccc(Cl)cc1. The van der Waals surface area contributed by atoms with Gasteiger partial charge in [0.15, 0.2) is 6.61 Å². The van der Waals surface area contributed by atoms with Crippen LogP contribution in [0.25, 0.3) is 6.08 Å². The van der Waals surface area contributed by atoms with Gasteiger partial charge in [-0.2, -0.15) is 0 Å². The highest BCUT2D eigenvalue weighted by molar-refractivity contribution is 9.10. The lowest BCUT2D eigenvalue weighted by Gasteiger charge is -2.11. The summed E-state index contributed by atoms with van der Waals surface area (Å²) in [6.45, 7) is -0.182. The number of thioether (sulfide) groups is 1. The van der Waals surface area contributed by atoms with E-state index in [9.17, 15) is 9.59 Å². The van der Waals surface area contributed by atoms with Gasteiger partial charge in [-0.15, -0.1) is 0 Å². The summed E-state index contributed by atoms with van der Waals surface area (Å²) in [7, 11) is 0. The number of rotatable bonds is 5. The minimum Gasteiger partial charge on any atom is -0.483 e. The van der Waals surface area contributed by atoms with Crippen LogP contribution in [0.5, 0.6) is 5.75 Å². The van der Waals surface area contributed by atoms with E-state index in [-0.39, 0.29) is 18.4 Å². The third-order valence-electron chi connectivity index (χ3n) is 3.39. The number of hydrogen-bond donors (Lipinski definition) is 2. The fourth-order valence-electron chi connectivity index (χ4n) is 2.20. The van der Waals surface area contributed by atoms with E-state index in [1.54, 1.807) is 48.5 Å². The molecule has 0 aliphatic carbocycles. The van der Waals surface area contributed by atoms with Crippen molar-refractivity contribution in [2.75, 3.05) is 11.9 Å². The Balaban J connectivity index is 1.70. The molecule has 1 saturated heterocycles. The molecule has 1 aliphatic rings. The van der Waals surface area contributed by atoms with E-state index >= 15 is 0 Å². The number of nitrogens with one attached hydrogen (secondary N) is 2. The molecule has 2 N–H and O–H groups in total. The summed E-state index contributed by atoms with van der Waals surface area (Å²) < 4.78 is 6.87. The van der Waals surface area contributed by atoms with Crippen LogP contribution >= 0.6 is 51.5 Å². The topological polar surface area (TPSA) is 67.4 Å². The summed E-state index contributed by atoms with van der Waals surface area (Å²) >= 11 is 15.4. The quantitative estimate of drug-likeness (QED) is 0.480. The van der Waals surface area contributed by atoms with E-state index in [0.717, 1.165) is 4.47 Å². The summed E-state index contributed by atoms with van der Waals surface area (Å²) in [6.07, 6.45) is 1.68. The summed E-state index contributed by atoms with van der Waals surface area (Å²) in [5.41, 5.74) is 1.28. The molecule has 2 aromatic rings. The Bertz CT molecular complexity index is 948. The van der Waals surface area contributed by atoms with Crippen molar-refractivity contribution < 1.29 is 14.3 Å². The zero-order chi connectivity index (χ0) is 19.4. The molecule has 0 radical (unpaired) electrons. The first kappa shape index (κ1) is 19.9. The molecule has 5 nitrogen and oxygen atoms in total. The lowest BCUT2D eigenvalue weighted by molar-refractivity contribution is -0.118. The molecule has 1 fully saturated rings. The van der Waals surface area contributed by atoms with Crippen molar-refractivity contribution in [2.45, 2.75) is 0 Å². The number of halogens is 2. The van der Waals surface area contributed by atoms with E-state index < -0.39 is 0 Å². The van der Waals surface area contributed by atoms with Crippen molar-refractivity contribution in [3.63, 3.8) is 0 Å². The number of ether oxygens (including phenoxy) is 1. The smallest absolute Gasteiger partial charge is 0.263 e. The summed E-state index contributed by atoms with van der Waals surface area (Å²) in [5.74, 6) is -0.0902. The van der Waals surface area contributed by atoms with Crippen LogP contribution < -0.4 is 15.4 Å². The van der Waals surface area contributed by atoms with Gasteiger partial charge in [0, 0.05) is 20.7 Å². The maximum absolute atomic E-state index is 12.1. The second-order valence-corrected chi connectivity index (χ2v) is 8.45. The minimum absolute atomic E-state index is 0.182. The van der Waals surface area contributed by atoms with Gasteiger partial charge >= 0.3 is 0 Å². The molecule has 0 saturated carbocycles. The second kappa shape index (κ2) is 8.88. The molecule has 2 aromatic carbocycles. The number of anilines is 1. The second-order valence-electron chi connectivity index (χ2n) is 5.38. The van der Waals surface area contributed by atoms with Crippen LogP contribution in [0.2, 0.25) is 5.02 Å². The number of thiocarbonyl (C=S) groups is 1. The third-order valence-corrected chi connectivity index (χ3v) is 5.30.